The number of aliphatic hydroxyl groups excluding tert-OH is 2. The van der Waals surface area contributed by atoms with Gasteiger partial charge in [0.05, 0.1) is 12.2 Å². The second-order valence-electron chi connectivity index (χ2n) is 3.59. The van der Waals surface area contributed by atoms with Gasteiger partial charge in [-0.05, 0) is 6.92 Å². The van der Waals surface area contributed by atoms with Crippen molar-refractivity contribution in [1.29, 1.82) is 0 Å². The number of nitrogens with zero attached hydrogens (tertiary/aromatic N) is 3. The van der Waals surface area contributed by atoms with Crippen molar-refractivity contribution >= 4 is 5.91 Å². The number of nitrogens with one attached hydrogen (secondary N) is 1. The number of likely N-dealkylation sites (tertiary alicyclic amines) is 1. The van der Waals surface area contributed by atoms with Gasteiger partial charge in [0.15, 0.2) is 0 Å². The third kappa shape index (κ3) is 1.83. The van der Waals surface area contributed by atoms with Crippen LogP contribution in [0.2, 0.25) is 0 Å². The monoisotopic (exact) mass is 212 g/mol. The summed E-state index contributed by atoms with van der Waals surface area (Å²) in [7, 11) is 0. The molecular weight excluding hydrogens is 200 g/mol. The fraction of sp³-hybridized carbons (Fsp3) is 0.625. The lowest BCUT2D eigenvalue weighted by Crippen LogP contribution is -2.30. The van der Waals surface area contributed by atoms with Crippen LogP contribution in [-0.2, 0) is 0 Å². The summed E-state index contributed by atoms with van der Waals surface area (Å²) in [5.74, 6) is 0.238. The molecule has 0 spiro atoms. The molecule has 7 nitrogen and oxygen atoms in total. The number of aromatic amines is 1. The van der Waals surface area contributed by atoms with E-state index in [0.29, 0.717) is 5.82 Å². The Kier molecular flexibility index (Phi) is 2.41. The van der Waals surface area contributed by atoms with Gasteiger partial charge in [-0.25, -0.2) is 4.98 Å². The van der Waals surface area contributed by atoms with E-state index in [1.165, 1.54) is 4.90 Å². The molecule has 1 aromatic heterocycles. The molecule has 82 valence electrons. The van der Waals surface area contributed by atoms with Crippen LogP contribution in [0.4, 0.5) is 0 Å². The summed E-state index contributed by atoms with van der Waals surface area (Å²) < 4.78 is 0. The number of aryl methyl sites for hydroxylation is 1. The molecule has 1 fully saturated rings. The fourth-order valence-electron chi connectivity index (χ4n) is 1.52. The lowest BCUT2D eigenvalue weighted by Gasteiger charge is -2.12. The molecule has 1 aromatic rings. The summed E-state index contributed by atoms with van der Waals surface area (Å²) in [5, 5.41) is 24.8. The Bertz CT molecular complexity index is 368. The van der Waals surface area contributed by atoms with Crippen LogP contribution in [0.3, 0.4) is 0 Å². The SMILES string of the molecule is Cc1nc(C(=O)N2CC(O)C(O)C2)n[nH]1. The largest absolute Gasteiger partial charge is 0.388 e. The highest BCUT2D eigenvalue weighted by atomic mass is 16.3. The molecule has 0 saturated carbocycles. The van der Waals surface area contributed by atoms with Gasteiger partial charge < -0.3 is 15.1 Å². The maximum atomic E-state index is 11.7. The molecule has 1 saturated heterocycles. The highest BCUT2D eigenvalue weighted by molar-refractivity contribution is 5.90. The van der Waals surface area contributed by atoms with Crippen molar-refractivity contribution in [3.8, 4) is 0 Å². The highest BCUT2D eigenvalue weighted by Gasteiger charge is 2.34. The van der Waals surface area contributed by atoms with Crippen molar-refractivity contribution in [3.63, 3.8) is 0 Å². The van der Waals surface area contributed by atoms with E-state index in [-0.39, 0.29) is 24.8 Å². The van der Waals surface area contributed by atoms with Gasteiger partial charge in [0.25, 0.3) is 5.91 Å². The number of carbonyl (C=O) groups is 1. The maximum Gasteiger partial charge on any atom is 0.293 e. The molecule has 0 bridgehead atoms. The Morgan fingerprint density at radius 1 is 1.47 bits per heavy atom. The molecule has 1 amide bonds. The molecule has 0 aromatic carbocycles. The van der Waals surface area contributed by atoms with E-state index in [1.807, 2.05) is 0 Å². The maximum absolute atomic E-state index is 11.7. The predicted molar refractivity (Wildman–Crippen MR) is 49.0 cm³/mol. The number of amides is 1. The number of aliphatic hydroxyl groups is 2. The quantitative estimate of drug-likeness (QED) is 0.514. The molecular formula is C8H12N4O3. The number of β-amino-alcohol motifs (C(OH)–C–C–N with tert-alkyl or cyclic N) is 2. The Balaban J connectivity index is 2.10. The second kappa shape index (κ2) is 3.59. The summed E-state index contributed by atoms with van der Waals surface area (Å²) in [6, 6.07) is 0. The van der Waals surface area contributed by atoms with Gasteiger partial charge in [-0.1, -0.05) is 0 Å². The van der Waals surface area contributed by atoms with Crippen LogP contribution in [0, 0.1) is 6.92 Å². The molecule has 2 heterocycles. The standard InChI is InChI=1S/C8H12N4O3/c1-4-9-7(11-10-4)8(15)12-2-5(13)6(14)3-12/h5-6,13-14H,2-3H2,1H3,(H,9,10,11). The molecule has 2 unspecified atom stereocenters. The summed E-state index contributed by atoms with van der Waals surface area (Å²) in [4.78, 5) is 16.9. The highest BCUT2D eigenvalue weighted by Crippen LogP contribution is 2.12. The van der Waals surface area contributed by atoms with E-state index in [4.69, 9.17) is 0 Å². The first kappa shape index (κ1) is 10.1. The average Bonchev–Trinajstić information content (AvgIpc) is 2.74. The summed E-state index contributed by atoms with van der Waals surface area (Å²) in [6.45, 7) is 1.93. The smallest absolute Gasteiger partial charge is 0.293 e. The van der Waals surface area contributed by atoms with E-state index in [1.54, 1.807) is 6.92 Å². The molecule has 15 heavy (non-hydrogen) atoms. The van der Waals surface area contributed by atoms with Crippen molar-refractivity contribution in [2.45, 2.75) is 19.1 Å². The molecule has 1 aliphatic rings. The first-order valence-corrected chi connectivity index (χ1v) is 4.62. The second-order valence-corrected chi connectivity index (χ2v) is 3.59. The number of carbonyl (C=O) groups excluding carboxylic acids is 1. The van der Waals surface area contributed by atoms with E-state index in [0.717, 1.165) is 0 Å². The molecule has 2 atom stereocenters. The summed E-state index contributed by atoms with van der Waals surface area (Å²) in [5.41, 5.74) is 0. The van der Waals surface area contributed by atoms with Crippen molar-refractivity contribution in [2.24, 2.45) is 0 Å². The minimum Gasteiger partial charge on any atom is -0.388 e. The number of rotatable bonds is 1. The number of aromatic nitrogens is 3. The normalized spacial score (nSPS) is 25.9. The van der Waals surface area contributed by atoms with Crippen LogP contribution in [0.25, 0.3) is 0 Å². The van der Waals surface area contributed by atoms with Gasteiger partial charge in [0.1, 0.15) is 5.82 Å². The Morgan fingerprint density at radius 3 is 2.53 bits per heavy atom. The molecule has 0 aliphatic carbocycles. The van der Waals surface area contributed by atoms with Gasteiger partial charge in [-0.15, -0.1) is 5.10 Å². The first-order chi connectivity index (χ1) is 7.08. The third-order valence-electron chi connectivity index (χ3n) is 2.33. The molecule has 1 aliphatic heterocycles. The molecule has 3 N–H and O–H groups in total. The van der Waals surface area contributed by atoms with Crippen LogP contribution in [0.15, 0.2) is 0 Å². The topological polar surface area (TPSA) is 102 Å². The van der Waals surface area contributed by atoms with E-state index in [9.17, 15) is 15.0 Å². The Hall–Kier alpha value is -1.47. The summed E-state index contributed by atoms with van der Waals surface area (Å²) >= 11 is 0. The van der Waals surface area contributed by atoms with Crippen molar-refractivity contribution in [1.82, 2.24) is 20.1 Å². The average molecular weight is 212 g/mol. The molecule has 2 rings (SSSR count). The van der Waals surface area contributed by atoms with Crippen LogP contribution in [0.5, 0.6) is 0 Å². The van der Waals surface area contributed by atoms with E-state index in [2.05, 4.69) is 15.2 Å². The van der Waals surface area contributed by atoms with Crippen molar-refractivity contribution in [2.75, 3.05) is 13.1 Å². The van der Waals surface area contributed by atoms with Gasteiger partial charge in [-0.3, -0.25) is 9.89 Å². The van der Waals surface area contributed by atoms with Gasteiger partial charge in [-0.2, -0.15) is 0 Å². The molecule has 0 radical (unpaired) electrons. The van der Waals surface area contributed by atoms with Crippen molar-refractivity contribution in [3.05, 3.63) is 11.6 Å². The first-order valence-electron chi connectivity index (χ1n) is 4.62. The number of hydrogen-bond acceptors (Lipinski definition) is 5. The third-order valence-corrected chi connectivity index (χ3v) is 2.33. The lowest BCUT2D eigenvalue weighted by molar-refractivity contribution is 0.0572. The zero-order chi connectivity index (χ0) is 11.0. The summed E-state index contributed by atoms with van der Waals surface area (Å²) in [6.07, 6.45) is -1.76. The van der Waals surface area contributed by atoms with Crippen LogP contribution in [0.1, 0.15) is 16.4 Å². The lowest BCUT2D eigenvalue weighted by atomic mass is 10.3. The van der Waals surface area contributed by atoms with Gasteiger partial charge >= 0.3 is 0 Å². The minimum absolute atomic E-state index is 0.0637. The van der Waals surface area contributed by atoms with E-state index < -0.39 is 12.2 Å². The Morgan fingerprint density at radius 2 is 2.07 bits per heavy atom. The van der Waals surface area contributed by atoms with Crippen LogP contribution < -0.4 is 0 Å². The number of H-pyrrole nitrogens is 1. The number of hydrogen-bond donors (Lipinski definition) is 3. The zero-order valence-corrected chi connectivity index (χ0v) is 8.21. The fourth-order valence-corrected chi connectivity index (χ4v) is 1.52. The predicted octanol–water partition coefficient (Wildman–Crippen LogP) is -1.71. The molecule has 7 heteroatoms. The van der Waals surface area contributed by atoms with Gasteiger partial charge in [0.2, 0.25) is 5.82 Å². The zero-order valence-electron chi connectivity index (χ0n) is 8.21. The van der Waals surface area contributed by atoms with Crippen LogP contribution in [-0.4, -0.2) is 61.5 Å². The van der Waals surface area contributed by atoms with E-state index >= 15 is 0 Å². The Labute approximate surface area is 85.7 Å². The van der Waals surface area contributed by atoms with Crippen LogP contribution >= 0.6 is 0 Å². The minimum atomic E-state index is -0.881. The van der Waals surface area contributed by atoms with Crippen molar-refractivity contribution < 1.29 is 15.0 Å². The van der Waals surface area contributed by atoms with Gasteiger partial charge in [0, 0.05) is 13.1 Å².